The Morgan fingerprint density at radius 2 is 1.65 bits per heavy atom. The van der Waals surface area contributed by atoms with Gasteiger partial charge >= 0.3 is 0 Å². The lowest BCUT2D eigenvalue weighted by Crippen LogP contribution is -1.71. The number of rotatable bonds is 2. The predicted octanol–water partition coefficient (Wildman–Crippen LogP) is 6.29. The number of hydrogen-bond donors (Lipinski definition) is 0. The zero-order valence-electron chi connectivity index (χ0n) is 10.7. The average Bonchev–Trinajstić information content (AvgIpc) is 3.14. The van der Waals surface area contributed by atoms with Crippen LogP contribution in [-0.4, -0.2) is 0 Å². The van der Waals surface area contributed by atoms with Gasteiger partial charge in [0.25, 0.3) is 0 Å². The number of fused-ring (bicyclic) bond motifs is 3. The first-order valence-electron chi connectivity index (χ1n) is 6.53. The van der Waals surface area contributed by atoms with Gasteiger partial charge in [-0.05, 0) is 46.5 Å². The maximum atomic E-state index is 2.30. The minimum absolute atomic E-state index is 1.30. The molecule has 0 nitrogen and oxygen atoms in total. The molecule has 0 radical (unpaired) electrons. The van der Waals surface area contributed by atoms with Gasteiger partial charge in [-0.15, -0.1) is 22.7 Å². The van der Waals surface area contributed by atoms with E-state index in [-0.39, 0.29) is 0 Å². The quantitative estimate of drug-likeness (QED) is 0.407. The van der Waals surface area contributed by atoms with Crippen LogP contribution in [0.4, 0.5) is 0 Å². The molecule has 4 rings (SSSR count). The predicted molar refractivity (Wildman–Crippen MR) is 92.6 cm³/mol. The molecule has 0 N–H and O–H groups in total. The molecule has 2 heterocycles. The third-order valence-corrected chi connectivity index (χ3v) is 5.30. The largest absolute Gasteiger partial charge is 0.144 e. The van der Waals surface area contributed by atoms with Crippen molar-refractivity contribution >= 4 is 55.7 Å². The van der Waals surface area contributed by atoms with Crippen LogP contribution in [0.1, 0.15) is 9.75 Å². The minimum Gasteiger partial charge on any atom is -0.144 e. The van der Waals surface area contributed by atoms with Crippen molar-refractivity contribution in [3.05, 3.63) is 69.7 Å². The summed E-state index contributed by atoms with van der Waals surface area (Å²) in [7, 11) is 0. The van der Waals surface area contributed by atoms with Crippen LogP contribution in [-0.2, 0) is 0 Å². The molecule has 0 aliphatic carbocycles. The van der Waals surface area contributed by atoms with Crippen LogP contribution >= 0.6 is 22.7 Å². The number of benzene rings is 2. The molecule has 20 heavy (non-hydrogen) atoms. The van der Waals surface area contributed by atoms with E-state index in [9.17, 15) is 0 Å². The fourth-order valence-corrected chi connectivity index (χ4v) is 4.04. The van der Waals surface area contributed by atoms with Gasteiger partial charge in [-0.25, -0.2) is 0 Å². The third kappa shape index (κ3) is 2.07. The molecule has 0 aliphatic rings. The molecular weight excluding hydrogens is 280 g/mol. The molecule has 0 saturated carbocycles. The molecule has 0 aliphatic heterocycles. The van der Waals surface area contributed by atoms with Crippen LogP contribution in [0.25, 0.3) is 33.0 Å². The van der Waals surface area contributed by atoms with Crippen molar-refractivity contribution in [1.29, 1.82) is 0 Å². The third-order valence-electron chi connectivity index (χ3n) is 3.40. The molecule has 96 valence electrons. The number of hydrogen-bond acceptors (Lipinski definition) is 2. The lowest BCUT2D eigenvalue weighted by Gasteiger charge is -1.97. The fraction of sp³-hybridized carbons (Fsp3) is 0. The zero-order valence-corrected chi connectivity index (χ0v) is 12.4. The molecule has 0 bridgehead atoms. The van der Waals surface area contributed by atoms with Gasteiger partial charge in [-0.2, -0.15) is 0 Å². The molecule has 0 unspecified atom stereocenters. The molecule has 0 atom stereocenters. The monoisotopic (exact) mass is 292 g/mol. The summed E-state index contributed by atoms with van der Waals surface area (Å²) in [4.78, 5) is 2.61. The second-order valence-corrected chi connectivity index (χ2v) is 6.79. The van der Waals surface area contributed by atoms with E-state index in [1.54, 1.807) is 11.3 Å². The van der Waals surface area contributed by atoms with Crippen molar-refractivity contribution in [3.63, 3.8) is 0 Å². The van der Waals surface area contributed by atoms with Crippen LogP contribution in [0, 0.1) is 0 Å². The topological polar surface area (TPSA) is 0 Å². The Labute approximate surface area is 125 Å². The second kappa shape index (κ2) is 4.89. The lowest BCUT2D eigenvalue weighted by molar-refractivity contribution is 1.81. The van der Waals surface area contributed by atoms with Gasteiger partial charge in [0, 0.05) is 19.8 Å². The maximum Gasteiger partial charge on any atom is 0.0355 e. The van der Waals surface area contributed by atoms with Crippen molar-refractivity contribution in [2.24, 2.45) is 0 Å². The Kier molecular flexibility index (Phi) is 2.91. The Balaban J connectivity index is 1.84. The van der Waals surface area contributed by atoms with Crippen LogP contribution in [0.3, 0.4) is 0 Å². The van der Waals surface area contributed by atoms with Crippen LogP contribution < -0.4 is 0 Å². The normalized spacial score (nSPS) is 11.8. The molecule has 0 saturated heterocycles. The smallest absolute Gasteiger partial charge is 0.0355 e. The highest BCUT2D eigenvalue weighted by molar-refractivity contribution is 7.20. The lowest BCUT2D eigenvalue weighted by atomic mass is 10.1. The molecular formula is C18H12S2. The van der Waals surface area contributed by atoms with Crippen molar-refractivity contribution in [3.8, 4) is 0 Å². The zero-order chi connectivity index (χ0) is 13.4. The average molecular weight is 292 g/mol. The summed E-state index contributed by atoms with van der Waals surface area (Å²) in [6.07, 6.45) is 4.41. The van der Waals surface area contributed by atoms with Crippen molar-refractivity contribution in [2.75, 3.05) is 0 Å². The maximum absolute atomic E-state index is 2.30. The van der Waals surface area contributed by atoms with Crippen molar-refractivity contribution in [1.82, 2.24) is 0 Å². The van der Waals surface area contributed by atoms with Crippen LogP contribution in [0.2, 0.25) is 0 Å². The van der Waals surface area contributed by atoms with Gasteiger partial charge in [0.15, 0.2) is 0 Å². The molecule has 2 heteroatoms. The summed E-state index contributed by atoms with van der Waals surface area (Å²) < 4.78 is 1.36. The van der Waals surface area contributed by atoms with Crippen LogP contribution in [0.5, 0.6) is 0 Å². The first-order valence-corrected chi connectivity index (χ1v) is 8.23. The summed E-state index contributed by atoms with van der Waals surface area (Å²) in [6, 6.07) is 19.5. The van der Waals surface area contributed by atoms with Gasteiger partial charge in [0.05, 0.1) is 0 Å². The van der Waals surface area contributed by atoms with Gasteiger partial charge in [0.1, 0.15) is 0 Å². The van der Waals surface area contributed by atoms with Crippen molar-refractivity contribution < 1.29 is 0 Å². The van der Waals surface area contributed by atoms with Gasteiger partial charge in [-0.3, -0.25) is 0 Å². The van der Waals surface area contributed by atoms with E-state index < -0.39 is 0 Å². The molecule has 4 aromatic rings. The summed E-state index contributed by atoms with van der Waals surface area (Å²) >= 11 is 3.62. The summed E-state index contributed by atoms with van der Waals surface area (Å²) in [5, 5.41) is 6.13. The summed E-state index contributed by atoms with van der Waals surface area (Å²) in [5.74, 6) is 0. The highest BCUT2D eigenvalue weighted by atomic mass is 32.1. The van der Waals surface area contributed by atoms with E-state index in [4.69, 9.17) is 0 Å². The van der Waals surface area contributed by atoms with Crippen molar-refractivity contribution in [2.45, 2.75) is 0 Å². The highest BCUT2D eigenvalue weighted by Crippen LogP contribution is 2.33. The first-order chi connectivity index (χ1) is 9.90. The Bertz CT molecular complexity index is 896. The van der Waals surface area contributed by atoms with E-state index in [1.165, 1.54) is 30.6 Å². The van der Waals surface area contributed by atoms with Gasteiger partial charge in [0.2, 0.25) is 0 Å². The van der Waals surface area contributed by atoms with E-state index in [2.05, 4.69) is 72.1 Å². The highest BCUT2D eigenvalue weighted by Gasteiger charge is 2.03. The van der Waals surface area contributed by atoms with Gasteiger partial charge < -0.3 is 0 Å². The second-order valence-electron chi connectivity index (χ2n) is 4.70. The Morgan fingerprint density at radius 3 is 2.55 bits per heavy atom. The van der Waals surface area contributed by atoms with Gasteiger partial charge in [-0.1, -0.05) is 36.4 Å². The van der Waals surface area contributed by atoms with E-state index in [1.807, 2.05) is 11.3 Å². The molecule has 0 spiro atoms. The number of thiophene rings is 2. The standard InChI is InChI=1S/C18H12S2/c1-2-6-16-13(4-1)7-10-18-17(16)12-15(20-18)9-8-14-5-3-11-19-14/h1-12H/b9-8+. The Morgan fingerprint density at radius 1 is 0.750 bits per heavy atom. The SMILES string of the molecule is C(=C\c1cc2c(ccc3ccccc32)s1)/c1cccs1. The van der Waals surface area contributed by atoms with E-state index in [0.29, 0.717) is 0 Å². The molecule has 0 amide bonds. The molecule has 2 aromatic carbocycles. The first kappa shape index (κ1) is 11.9. The summed E-state index contributed by atoms with van der Waals surface area (Å²) in [5.41, 5.74) is 0. The summed E-state index contributed by atoms with van der Waals surface area (Å²) in [6.45, 7) is 0. The van der Waals surface area contributed by atoms with E-state index >= 15 is 0 Å². The van der Waals surface area contributed by atoms with E-state index in [0.717, 1.165) is 0 Å². The van der Waals surface area contributed by atoms with Crippen LogP contribution in [0.15, 0.2) is 60.0 Å². The molecule has 0 fully saturated rings. The fourth-order valence-electron chi connectivity index (χ4n) is 2.44. The minimum atomic E-state index is 1.30. The molecule has 2 aromatic heterocycles. The Hall–Kier alpha value is -1.90.